The maximum Gasteiger partial charge on any atom is 0.225 e. The van der Waals surface area contributed by atoms with E-state index in [0.717, 1.165) is 37.9 Å². The monoisotopic (exact) mass is 466 g/mol. The summed E-state index contributed by atoms with van der Waals surface area (Å²) in [6.45, 7) is 5.29. The molecule has 178 valence electrons. The minimum atomic E-state index is -0.734. The highest BCUT2D eigenvalue weighted by Gasteiger charge is 2.23. The van der Waals surface area contributed by atoms with Crippen LogP contribution in [0.15, 0.2) is 48.8 Å². The van der Waals surface area contributed by atoms with Crippen molar-refractivity contribution in [2.75, 3.05) is 29.9 Å². The number of piperidine rings is 1. The molecule has 0 atom stereocenters. The molecule has 2 heterocycles. The smallest absolute Gasteiger partial charge is 0.225 e. The molecule has 0 radical (unpaired) electrons. The second kappa shape index (κ2) is 10.6. The maximum atomic E-state index is 14.7. The van der Waals surface area contributed by atoms with E-state index in [1.165, 1.54) is 19.1 Å². The number of aryl methyl sites for hydroxylation is 1. The Labute approximate surface area is 198 Å². The van der Waals surface area contributed by atoms with Crippen LogP contribution in [0.25, 0.3) is 11.1 Å². The molecule has 0 bridgehead atoms. The minimum Gasteiger partial charge on any atom is -0.487 e. The Balaban J connectivity index is 1.34. The number of rotatable bonds is 7. The largest absolute Gasteiger partial charge is 0.487 e. The lowest BCUT2D eigenvalue weighted by molar-refractivity contribution is -0.114. The fourth-order valence-corrected chi connectivity index (χ4v) is 4.01. The number of carbonyl (C=O) groups excluding carboxylic acids is 1. The normalized spacial score (nSPS) is 14.2. The van der Waals surface area contributed by atoms with Gasteiger partial charge >= 0.3 is 0 Å². The van der Waals surface area contributed by atoms with Gasteiger partial charge in [-0.05, 0) is 66.1 Å². The molecule has 3 aromatic rings. The van der Waals surface area contributed by atoms with Gasteiger partial charge in [0.2, 0.25) is 11.9 Å². The van der Waals surface area contributed by atoms with Gasteiger partial charge in [0.05, 0.1) is 6.61 Å². The Morgan fingerprint density at radius 3 is 2.24 bits per heavy atom. The topological polar surface area (TPSA) is 67.3 Å². The van der Waals surface area contributed by atoms with E-state index in [4.69, 9.17) is 4.74 Å². The van der Waals surface area contributed by atoms with E-state index >= 15 is 0 Å². The molecule has 2 aromatic carbocycles. The van der Waals surface area contributed by atoms with Gasteiger partial charge in [0.25, 0.3) is 0 Å². The molecule has 1 N–H and O–H groups in total. The molecule has 1 amide bonds. The summed E-state index contributed by atoms with van der Waals surface area (Å²) in [4.78, 5) is 22.1. The van der Waals surface area contributed by atoms with Crippen LogP contribution in [0.2, 0.25) is 0 Å². The van der Waals surface area contributed by atoms with Crippen molar-refractivity contribution >= 4 is 17.5 Å². The summed E-state index contributed by atoms with van der Waals surface area (Å²) in [6, 6.07) is 9.32. The van der Waals surface area contributed by atoms with Crippen molar-refractivity contribution in [3.8, 4) is 16.9 Å². The van der Waals surface area contributed by atoms with Crippen LogP contribution in [0.5, 0.6) is 5.75 Å². The van der Waals surface area contributed by atoms with Gasteiger partial charge in [-0.15, -0.1) is 0 Å². The summed E-state index contributed by atoms with van der Waals surface area (Å²) in [5.74, 6) is -1.08. The molecule has 1 aliphatic rings. The van der Waals surface area contributed by atoms with E-state index < -0.39 is 11.6 Å². The molecule has 1 aromatic heterocycles. The van der Waals surface area contributed by atoms with Gasteiger partial charge in [-0.2, -0.15) is 0 Å². The predicted octanol–water partition coefficient (Wildman–Crippen LogP) is 5.24. The van der Waals surface area contributed by atoms with Gasteiger partial charge in [-0.1, -0.05) is 19.1 Å². The minimum absolute atomic E-state index is 0.184. The zero-order valence-corrected chi connectivity index (χ0v) is 19.4. The van der Waals surface area contributed by atoms with Crippen LogP contribution in [0.3, 0.4) is 0 Å². The van der Waals surface area contributed by atoms with Gasteiger partial charge in [0.15, 0.2) is 17.4 Å². The zero-order valence-electron chi connectivity index (χ0n) is 19.4. The van der Waals surface area contributed by atoms with E-state index in [1.54, 1.807) is 24.3 Å². The summed E-state index contributed by atoms with van der Waals surface area (Å²) in [6.07, 6.45) is 6.27. The highest BCUT2D eigenvalue weighted by molar-refractivity contribution is 5.89. The van der Waals surface area contributed by atoms with E-state index in [2.05, 4.69) is 27.1 Å². The number of amides is 1. The van der Waals surface area contributed by atoms with Crippen LogP contribution in [0.1, 0.15) is 32.3 Å². The molecule has 6 nitrogen and oxygen atoms in total. The molecule has 34 heavy (non-hydrogen) atoms. The number of nitrogens with zero attached hydrogens (tertiary/aromatic N) is 3. The maximum absolute atomic E-state index is 14.7. The fraction of sp³-hybridized carbons (Fsp3) is 0.346. The third kappa shape index (κ3) is 5.68. The molecule has 0 unspecified atom stereocenters. The number of anilines is 2. The summed E-state index contributed by atoms with van der Waals surface area (Å²) >= 11 is 0. The summed E-state index contributed by atoms with van der Waals surface area (Å²) in [5, 5.41) is 2.66. The summed E-state index contributed by atoms with van der Waals surface area (Å²) in [7, 11) is 0. The van der Waals surface area contributed by atoms with Crippen molar-refractivity contribution in [1.82, 2.24) is 9.97 Å². The van der Waals surface area contributed by atoms with Crippen molar-refractivity contribution in [2.45, 2.75) is 33.1 Å². The number of carbonyl (C=O) groups is 1. The first-order chi connectivity index (χ1) is 16.4. The highest BCUT2D eigenvalue weighted by Crippen LogP contribution is 2.31. The number of aromatic nitrogens is 2. The quantitative estimate of drug-likeness (QED) is 0.516. The number of nitrogens with one attached hydrogen (secondary N) is 1. The van der Waals surface area contributed by atoms with Crippen molar-refractivity contribution in [3.05, 3.63) is 66.0 Å². The highest BCUT2D eigenvalue weighted by atomic mass is 19.1. The third-order valence-electron chi connectivity index (χ3n) is 6.00. The Kier molecular flexibility index (Phi) is 7.35. The zero-order chi connectivity index (χ0) is 24.1. The van der Waals surface area contributed by atoms with Gasteiger partial charge < -0.3 is 15.0 Å². The Hall–Kier alpha value is -3.55. The van der Waals surface area contributed by atoms with Crippen molar-refractivity contribution < 1.29 is 18.3 Å². The molecule has 0 aliphatic carbocycles. The van der Waals surface area contributed by atoms with E-state index in [1.807, 2.05) is 12.4 Å². The van der Waals surface area contributed by atoms with Crippen molar-refractivity contribution in [2.24, 2.45) is 5.92 Å². The van der Waals surface area contributed by atoms with Gasteiger partial charge in [0, 0.05) is 38.1 Å². The summed E-state index contributed by atoms with van der Waals surface area (Å²) < 4.78 is 35.0. The Morgan fingerprint density at radius 1 is 1.06 bits per heavy atom. The number of hydrogen-bond acceptors (Lipinski definition) is 5. The lowest BCUT2D eigenvalue weighted by Gasteiger charge is -2.31. The summed E-state index contributed by atoms with van der Waals surface area (Å²) in [5.41, 5.74) is 2.76. The van der Waals surface area contributed by atoms with E-state index in [-0.39, 0.29) is 24.2 Å². The first kappa shape index (κ1) is 23.6. The lowest BCUT2D eigenvalue weighted by atomic mass is 9.98. The molecule has 0 spiro atoms. The predicted molar refractivity (Wildman–Crippen MR) is 128 cm³/mol. The van der Waals surface area contributed by atoms with Crippen molar-refractivity contribution in [1.29, 1.82) is 0 Å². The van der Waals surface area contributed by atoms with Gasteiger partial charge in [-0.3, -0.25) is 4.79 Å². The molecule has 1 fully saturated rings. The fourth-order valence-electron chi connectivity index (χ4n) is 4.01. The van der Waals surface area contributed by atoms with Crippen LogP contribution in [0.4, 0.5) is 20.4 Å². The van der Waals surface area contributed by atoms with Crippen LogP contribution in [0, 0.1) is 17.6 Å². The molecular formula is C26H28F2N4O2. The first-order valence-electron chi connectivity index (χ1n) is 11.5. The molecule has 1 aliphatic heterocycles. The average molecular weight is 467 g/mol. The first-order valence-corrected chi connectivity index (χ1v) is 11.5. The van der Waals surface area contributed by atoms with Crippen LogP contribution in [-0.2, 0) is 11.2 Å². The average Bonchev–Trinajstić information content (AvgIpc) is 2.84. The number of halogens is 2. The lowest BCUT2D eigenvalue weighted by Crippen LogP contribution is -2.36. The third-order valence-corrected chi connectivity index (χ3v) is 6.00. The molecule has 0 saturated carbocycles. The van der Waals surface area contributed by atoms with E-state index in [0.29, 0.717) is 22.8 Å². The van der Waals surface area contributed by atoms with Crippen LogP contribution >= 0.6 is 0 Å². The standard InChI is InChI=1S/C26H28F2N4O2/c1-3-18-14-29-26(30-15-18)32-10-8-19(9-11-32)16-34-25-23(27)12-21(13-24(25)28)20-4-6-22(7-5-20)31-17(2)33/h4-7,12-15,19H,3,8-11,16H2,1-2H3,(H,31,33). The van der Waals surface area contributed by atoms with Gasteiger partial charge in [-0.25, -0.2) is 18.7 Å². The van der Waals surface area contributed by atoms with Crippen LogP contribution in [-0.4, -0.2) is 35.6 Å². The number of ether oxygens (including phenoxy) is 1. The van der Waals surface area contributed by atoms with Crippen LogP contribution < -0.4 is 15.0 Å². The number of benzene rings is 2. The SMILES string of the molecule is CCc1cnc(N2CCC(COc3c(F)cc(-c4ccc(NC(C)=O)cc4)cc3F)CC2)nc1. The van der Waals surface area contributed by atoms with Gasteiger partial charge in [0.1, 0.15) is 0 Å². The van der Waals surface area contributed by atoms with E-state index in [9.17, 15) is 13.6 Å². The Morgan fingerprint density at radius 2 is 1.68 bits per heavy atom. The second-order valence-electron chi connectivity index (χ2n) is 8.51. The molecular weight excluding hydrogens is 438 g/mol. The van der Waals surface area contributed by atoms with Crippen molar-refractivity contribution in [3.63, 3.8) is 0 Å². The Bertz CT molecular complexity index is 1110. The molecule has 4 rings (SSSR count). The number of hydrogen-bond donors (Lipinski definition) is 1. The molecule has 8 heteroatoms. The molecule has 1 saturated heterocycles. The second-order valence-corrected chi connectivity index (χ2v) is 8.51.